The first-order valence-corrected chi connectivity index (χ1v) is 19.3. The molecule has 0 atom stereocenters. The number of nitrogens with one attached hydrogen (secondary N) is 1. The summed E-state index contributed by atoms with van der Waals surface area (Å²) in [6, 6.07) is 77.1. The zero-order chi connectivity index (χ0) is 37.4. The van der Waals surface area contributed by atoms with Gasteiger partial charge in [-0.25, -0.2) is 0 Å². The molecule has 0 aromatic heterocycles. The van der Waals surface area contributed by atoms with E-state index in [9.17, 15) is 0 Å². The van der Waals surface area contributed by atoms with Gasteiger partial charge in [-0.1, -0.05) is 170 Å². The fourth-order valence-corrected chi connectivity index (χ4v) is 8.32. The molecule has 0 bridgehead atoms. The highest BCUT2D eigenvalue weighted by molar-refractivity contribution is 6.26. The molecule has 0 saturated heterocycles. The Morgan fingerprint density at radius 3 is 1.27 bits per heavy atom. The molecule has 0 unspecified atom stereocenters. The summed E-state index contributed by atoms with van der Waals surface area (Å²) in [7, 11) is 0. The van der Waals surface area contributed by atoms with Crippen LogP contribution in [0.3, 0.4) is 0 Å². The van der Waals surface area contributed by atoms with Gasteiger partial charge >= 0.3 is 0 Å². The van der Waals surface area contributed by atoms with Crippen molar-refractivity contribution in [2.24, 2.45) is 0 Å². The summed E-state index contributed by atoms with van der Waals surface area (Å²) in [6.07, 6.45) is 0. The van der Waals surface area contributed by atoms with E-state index in [0.717, 1.165) is 11.4 Å². The van der Waals surface area contributed by atoms with Gasteiger partial charge in [0, 0.05) is 16.9 Å². The summed E-state index contributed by atoms with van der Waals surface area (Å²) in [5, 5.41) is 11.3. The number of anilines is 2. The molecule has 10 aromatic carbocycles. The molecule has 0 heterocycles. The lowest BCUT2D eigenvalue weighted by Crippen LogP contribution is -1.94. The Labute approximate surface area is 328 Å². The molecule has 1 heteroatoms. The summed E-state index contributed by atoms with van der Waals surface area (Å²) in [5.41, 5.74) is 15.5. The standard InChI is InChI=1S/C55H39N/c1-37-14-8-9-23-47(37)51-24-10-11-25-55(51)56-46-22-13-21-42(33-46)40-19-12-20-41(32-40)45-28-30-48-49-29-26-43(38-15-4-2-5-16-38)34-53(49)54-35-44(39-17-6-3-7-18-39)27-31-50(54)52(48)36-45/h2-36,56H,1H3. The molecule has 0 saturated carbocycles. The van der Waals surface area contributed by atoms with Crippen LogP contribution >= 0.6 is 0 Å². The first kappa shape index (κ1) is 33.4. The van der Waals surface area contributed by atoms with Crippen LogP contribution in [-0.4, -0.2) is 0 Å². The van der Waals surface area contributed by atoms with E-state index in [1.165, 1.54) is 93.5 Å². The molecule has 0 aliphatic carbocycles. The lowest BCUT2D eigenvalue weighted by atomic mass is 9.89. The Bertz CT molecular complexity index is 3050. The summed E-state index contributed by atoms with van der Waals surface area (Å²) in [4.78, 5) is 0. The quantitative estimate of drug-likeness (QED) is 0.162. The third kappa shape index (κ3) is 6.20. The van der Waals surface area contributed by atoms with Gasteiger partial charge in [-0.3, -0.25) is 0 Å². The van der Waals surface area contributed by atoms with E-state index in [1.807, 2.05) is 0 Å². The second-order valence-corrected chi connectivity index (χ2v) is 14.7. The van der Waals surface area contributed by atoms with Gasteiger partial charge in [0.1, 0.15) is 0 Å². The van der Waals surface area contributed by atoms with Crippen LogP contribution in [0.1, 0.15) is 5.56 Å². The van der Waals surface area contributed by atoms with Crippen molar-refractivity contribution in [3.05, 3.63) is 218 Å². The van der Waals surface area contributed by atoms with Crippen LogP contribution in [0, 0.1) is 6.92 Å². The van der Waals surface area contributed by atoms with Crippen molar-refractivity contribution in [2.45, 2.75) is 6.92 Å². The molecule has 0 radical (unpaired) electrons. The largest absolute Gasteiger partial charge is 0.355 e. The zero-order valence-corrected chi connectivity index (χ0v) is 31.2. The maximum atomic E-state index is 3.73. The van der Waals surface area contributed by atoms with Gasteiger partial charge in [0.05, 0.1) is 0 Å². The number of rotatable bonds is 7. The van der Waals surface area contributed by atoms with Gasteiger partial charge in [0.25, 0.3) is 0 Å². The third-order valence-corrected chi connectivity index (χ3v) is 11.2. The molecule has 56 heavy (non-hydrogen) atoms. The summed E-state index contributed by atoms with van der Waals surface area (Å²) in [6.45, 7) is 2.17. The summed E-state index contributed by atoms with van der Waals surface area (Å²) < 4.78 is 0. The first-order valence-electron chi connectivity index (χ1n) is 19.3. The molecule has 0 spiro atoms. The average molecular weight is 714 g/mol. The molecule has 0 aliphatic heterocycles. The maximum absolute atomic E-state index is 3.73. The van der Waals surface area contributed by atoms with Crippen LogP contribution in [0.15, 0.2) is 212 Å². The van der Waals surface area contributed by atoms with E-state index in [-0.39, 0.29) is 0 Å². The number of hydrogen-bond donors (Lipinski definition) is 1. The normalized spacial score (nSPS) is 11.3. The SMILES string of the molecule is Cc1ccccc1-c1ccccc1Nc1cccc(-c2cccc(-c3ccc4c5ccc(-c6ccccc6)cc5c5cc(-c6ccccc6)ccc5c4c3)c2)c1. The van der Waals surface area contributed by atoms with Crippen LogP contribution in [0.5, 0.6) is 0 Å². The molecule has 0 amide bonds. The summed E-state index contributed by atoms with van der Waals surface area (Å²) in [5.74, 6) is 0. The molecule has 0 aliphatic rings. The second-order valence-electron chi connectivity index (χ2n) is 14.7. The molecule has 10 rings (SSSR count). The first-order chi connectivity index (χ1) is 27.7. The minimum absolute atomic E-state index is 1.06. The predicted molar refractivity (Wildman–Crippen MR) is 241 cm³/mol. The number of para-hydroxylation sites is 1. The van der Waals surface area contributed by atoms with E-state index in [2.05, 4.69) is 225 Å². The van der Waals surface area contributed by atoms with Crippen LogP contribution in [0.2, 0.25) is 0 Å². The minimum atomic E-state index is 1.06. The Hall–Kier alpha value is -7.22. The molecular formula is C55H39N. The molecule has 10 aromatic rings. The number of benzene rings is 10. The molecule has 1 N–H and O–H groups in total. The van der Waals surface area contributed by atoms with Crippen molar-refractivity contribution < 1.29 is 0 Å². The Morgan fingerprint density at radius 1 is 0.268 bits per heavy atom. The Balaban J connectivity index is 1.06. The van der Waals surface area contributed by atoms with E-state index < -0.39 is 0 Å². The van der Waals surface area contributed by atoms with E-state index >= 15 is 0 Å². The van der Waals surface area contributed by atoms with Crippen molar-refractivity contribution in [3.63, 3.8) is 0 Å². The second kappa shape index (κ2) is 14.2. The van der Waals surface area contributed by atoms with Gasteiger partial charge in [0.15, 0.2) is 0 Å². The van der Waals surface area contributed by atoms with Gasteiger partial charge in [-0.2, -0.15) is 0 Å². The van der Waals surface area contributed by atoms with Crippen LogP contribution in [0.4, 0.5) is 11.4 Å². The molecule has 1 nitrogen and oxygen atoms in total. The average Bonchev–Trinajstić information content (AvgIpc) is 3.27. The fourth-order valence-electron chi connectivity index (χ4n) is 8.32. The zero-order valence-electron chi connectivity index (χ0n) is 31.2. The van der Waals surface area contributed by atoms with Gasteiger partial charge in [-0.05, 0) is 137 Å². The molecule has 0 fully saturated rings. The highest BCUT2D eigenvalue weighted by atomic mass is 14.9. The van der Waals surface area contributed by atoms with Crippen molar-refractivity contribution in [3.8, 4) is 55.6 Å². The van der Waals surface area contributed by atoms with Crippen molar-refractivity contribution in [1.82, 2.24) is 0 Å². The predicted octanol–water partition coefficient (Wildman–Crippen LogP) is 15.5. The van der Waals surface area contributed by atoms with Crippen LogP contribution < -0.4 is 5.32 Å². The number of fused-ring (bicyclic) bond motifs is 6. The lowest BCUT2D eigenvalue weighted by Gasteiger charge is -2.16. The van der Waals surface area contributed by atoms with Crippen molar-refractivity contribution >= 4 is 43.7 Å². The highest BCUT2D eigenvalue weighted by Gasteiger charge is 2.14. The van der Waals surface area contributed by atoms with Gasteiger partial charge in [0.2, 0.25) is 0 Å². The van der Waals surface area contributed by atoms with Gasteiger partial charge in [-0.15, -0.1) is 0 Å². The Morgan fingerprint density at radius 2 is 0.679 bits per heavy atom. The fraction of sp³-hybridized carbons (Fsp3) is 0.0182. The monoisotopic (exact) mass is 713 g/mol. The summed E-state index contributed by atoms with van der Waals surface area (Å²) >= 11 is 0. The van der Waals surface area contributed by atoms with Crippen molar-refractivity contribution in [1.29, 1.82) is 0 Å². The lowest BCUT2D eigenvalue weighted by molar-refractivity contribution is 1.45. The van der Waals surface area contributed by atoms with Crippen LogP contribution in [0.25, 0.3) is 88.0 Å². The molecule has 264 valence electrons. The van der Waals surface area contributed by atoms with E-state index in [0.29, 0.717) is 0 Å². The number of aryl methyl sites for hydroxylation is 1. The highest BCUT2D eigenvalue weighted by Crippen LogP contribution is 2.41. The topological polar surface area (TPSA) is 12.0 Å². The van der Waals surface area contributed by atoms with E-state index in [1.54, 1.807) is 0 Å². The minimum Gasteiger partial charge on any atom is -0.355 e. The Kier molecular flexibility index (Phi) is 8.46. The van der Waals surface area contributed by atoms with Crippen LogP contribution in [-0.2, 0) is 0 Å². The van der Waals surface area contributed by atoms with Gasteiger partial charge < -0.3 is 5.32 Å². The third-order valence-electron chi connectivity index (χ3n) is 11.2. The smallest absolute Gasteiger partial charge is 0.0464 e. The number of hydrogen-bond acceptors (Lipinski definition) is 1. The van der Waals surface area contributed by atoms with E-state index in [4.69, 9.17) is 0 Å². The van der Waals surface area contributed by atoms with Crippen molar-refractivity contribution in [2.75, 3.05) is 5.32 Å². The maximum Gasteiger partial charge on any atom is 0.0464 e. The molecular weight excluding hydrogens is 675 g/mol.